The molecule has 2 heterocycles. The van der Waals surface area contributed by atoms with E-state index in [1.807, 2.05) is 78.9 Å². The monoisotopic (exact) mass is 1280 g/mol. The van der Waals surface area contributed by atoms with E-state index in [1.165, 1.54) is 64.0 Å². The molecule has 2 aliphatic heterocycles. The van der Waals surface area contributed by atoms with E-state index in [2.05, 4.69) is 66.0 Å². The Bertz CT molecular complexity index is 2780. The largest absolute Gasteiger partial charge is 0.497 e. The molecule has 2 N–H and O–H groups in total. The van der Waals surface area contributed by atoms with Crippen LogP contribution in [0.15, 0.2) is 78.9 Å². The van der Waals surface area contributed by atoms with Crippen molar-refractivity contribution < 1.29 is 66.5 Å². The van der Waals surface area contributed by atoms with E-state index in [-0.39, 0.29) is 74.9 Å². The lowest BCUT2D eigenvalue weighted by molar-refractivity contribution is -0.148. The number of carbonyl (C=O) groups is 4. The molecular weight excluding hydrogens is 1170 g/mol. The van der Waals surface area contributed by atoms with Gasteiger partial charge in [0.05, 0.1) is 86.7 Å². The van der Waals surface area contributed by atoms with Gasteiger partial charge in [0.15, 0.2) is 0 Å². The summed E-state index contributed by atoms with van der Waals surface area (Å²) in [6.07, 6.45) is 14.8. The number of carbonyl (C=O) groups excluding carboxylic acids is 4. The zero-order chi connectivity index (χ0) is 66.3. The Morgan fingerprint density at radius 2 is 1.16 bits per heavy atom. The SMILES string of the molecule is CNC(=O)CCC(=O)OCC1CCN(C(=O)[C@H](COC(c2ccccc2)(c2ccc(OC)cc2)c2ccc(OC)cc2)NC(=O)CCOCCOCCOCCOCCOc2c(C)c(C)c3c(c2C)CC[C@@](C)(CCC[C@H](C)CCC[C@H](C)CCCC(C)C)O3)CC1. The molecule has 17 nitrogen and oxygen atoms in total. The van der Waals surface area contributed by atoms with E-state index >= 15 is 0 Å². The van der Waals surface area contributed by atoms with Crippen molar-refractivity contribution in [3.63, 3.8) is 0 Å². The number of amides is 3. The molecule has 92 heavy (non-hydrogen) atoms. The van der Waals surface area contributed by atoms with Gasteiger partial charge in [-0.3, -0.25) is 19.2 Å². The number of piperidine rings is 1. The maximum Gasteiger partial charge on any atom is 0.306 e. The Hall–Kier alpha value is -6.24. The minimum Gasteiger partial charge on any atom is -0.497 e. The fraction of sp³-hybridized carbons (Fsp3) is 0.627. The van der Waals surface area contributed by atoms with Crippen LogP contribution >= 0.6 is 0 Å². The number of hydrogen-bond acceptors (Lipinski definition) is 14. The molecule has 0 spiro atoms. The van der Waals surface area contributed by atoms with Crippen LogP contribution in [-0.2, 0) is 59.6 Å². The van der Waals surface area contributed by atoms with Crippen LogP contribution in [0.25, 0.3) is 0 Å². The molecule has 1 fully saturated rings. The third-order valence-electron chi connectivity index (χ3n) is 18.4. The average Bonchev–Trinajstić information content (AvgIpc) is 0.770. The van der Waals surface area contributed by atoms with Gasteiger partial charge in [0.2, 0.25) is 17.7 Å². The van der Waals surface area contributed by atoms with Gasteiger partial charge in [0.25, 0.3) is 0 Å². The Morgan fingerprint density at radius 3 is 1.72 bits per heavy atom. The molecule has 4 aromatic carbocycles. The van der Waals surface area contributed by atoms with E-state index in [0.29, 0.717) is 83.7 Å². The predicted octanol–water partition coefficient (Wildman–Crippen LogP) is 12.8. The standard InChI is InChI=1S/C75H111N3O14/c1-54(2)18-15-19-55(3)20-16-21-56(4)22-17-39-74(8)40-35-66-59(7)71(57(5)58(6)72(66)92-74)89-51-50-88-49-48-87-47-46-86-45-44-85-43-38-69(80)77-67(73(82)78-41-36-60(37-42-78)52-90-70(81)34-33-68(79)76-9)53-91-75(61-23-13-12-14-24-61,62-25-29-64(83-10)30-26-62)63-27-31-65(84-11)32-28-63/h12-14,23-32,54-56,60,67H,15-22,33-53H2,1-11H3,(H,76,79)(H,77,80)/t55-,56-,67+,74-/m1/s1. The Morgan fingerprint density at radius 1 is 0.630 bits per heavy atom. The zero-order valence-corrected chi connectivity index (χ0v) is 57.6. The second-order valence-electron chi connectivity index (χ2n) is 26.0. The number of likely N-dealkylation sites (tertiary alicyclic amines) is 1. The van der Waals surface area contributed by atoms with Crippen LogP contribution in [0.2, 0.25) is 0 Å². The molecule has 0 radical (unpaired) electrons. The lowest BCUT2D eigenvalue weighted by Crippen LogP contribution is -2.54. The average molecular weight is 1280 g/mol. The molecule has 2 aliphatic rings. The molecule has 3 amide bonds. The Kier molecular flexibility index (Phi) is 32.1. The first kappa shape index (κ1) is 74.8. The van der Waals surface area contributed by atoms with Crippen LogP contribution in [0.3, 0.4) is 0 Å². The predicted molar refractivity (Wildman–Crippen MR) is 360 cm³/mol. The molecule has 17 heteroatoms. The third-order valence-corrected chi connectivity index (χ3v) is 18.4. The van der Waals surface area contributed by atoms with Gasteiger partial charge in [-0.05, 0) is 148 Å². The summed E-state index contributed by atoms with van der Waals surface area (Å²) >= 11 is 0. The van der Waals surface area contributed by atoms with E-state index in [0.717, 1.165) is 81.9 Å². The highest BCUT2D eigenvalue weighted by Crippen LogP contribution is 2.46. The quantitative estimate of drug-likeness (QED) is 0.0242. The van der Waals surface area contributed by atoms with Gasteiger partial charge in [-0.2, -0.15) is 0 Å². The Labute approximate surface area is 550 Å². The van der Waals surface area contributed by atoms with Crippen molar-refractivity contribution in [2.24, 2.45) is 23.7 Å². The molecule has 0 aromatic heterocycles. The second-order valence-corrected chi connectivity index (χ2v) is 26.0. The van der Waals surface area contributed by atoms with E-state index in [9.17, 15) is 19.2 Å². The van der Waals surface area contributed by atoms with E-state index in [1.54, 1.807) is 19.1 Å². The molecule has 0 unspecified atom stereocenters. The smallest absolute Gasteiger partial charge is 0.306 e. The number of benzene rings is 4. The van der Waals surface area contributed by atoms with Gasteiger partial charge < -0.3 is 62.9 Å². The third kappa shape index (κ3) is 23.6. The molecular formula is C75H111N3O14. The van der Waals surface area contributed by atoms with Crippen LogP contribution in [-0.4, -0.2) is 147 Å². The number of nitrogens with one attached hydrogen (secondary N) is 2. The lowest BCUT2D eigenvalue weighted by atomic mass is 9.80. The minimum absolute atomic E-state index is 0.00784. The summed E-state index contributed by atoms with van der Waals surface area (Å²) in [5, 5.41) is 5.51. The first-order valence-corrected chi connectivity index (χ1v) is 34.1. The summed E-state index contributed by atoms with van der Waals surface area (Å²) < 4.78 is 60.2. The molecule has 0 aliphatic carbocycles. The summed E-state index contributed by atoms with van der Waals surface area (Å²) in [5.41, 5.74) is 5.67. The van der Waals surface area contributed by atoms with Crippen molar-refractivity contribution in [1.82, 2.24) is 15.5 Å². The fourth-order valence-corrected chi connectivity index (χ4v) is 12.5. The highest BCUT2D eigenvalue weighted by Gasteiger charge is 2.41. The second kappa shape index (κ2) is 39.5. The highest BCUT2D eigenvalue weighted by molar-refractivity contribution is 5.88. The maximum atomic E-state index is 14.7. The van der Waals surface area contributed by atoms with Crippen molar-refractivity contribution in [2.45, 2.75) is 175 Å². The topological polar surface area (TPSA) is 188 Å². The molecule has 6 rings (SSSR count). The van der Waals surface area contributed by atoms with Crippen LogP contribution in [0.1, 0.15) is 170 Å². The number of fused-ring (bicyclic) bond motifs is 1. The number of rotatable bonds is 43. The minimum atomic E-state index is -1.25. The van der Waals surface area contributed by atoms with Crippen LogP contribution in [0.4, 0.5) is 0 Å². The first-order valence-electron chi connectivity index (χ1n) is 34.1. The normalized spacial score (nSPS) is 16.1. The first-order chi connectivity index (χ1) is 44.4. The fourth-order valence-electron chi connectivity index (χ4n) is 12.5. The summed E-state index contributed by atoms with van der Waals surface area (Å²) in [7, 11) is 4.74. The van der Waals surface area contributed by atoms with Gasteiger partial charge >= 0.3 is 5.97 Å². The molecule has 1 saturated heterocycles. The number of methoxy groups -OCH3 is 2. The highest BCUT2D eigenvalue weighted by atomic mass is 16.6. The molecule has 0 saturated carbocycles. The summed E-state index contributed by atoms with van der Waals surface area (Å²) in [4.78, 5) is 54.3. The van der Waals surface area contributed by atoms with Crippen molar-refractivity contribution in [1.29, 1.82) is 0 Å². The van der Waals surface area contributed by atoms with Crippen LogP contribution in [0, 0.1) is 44.4 Å². The van der Waals surface area contributed by atoms with Crippen molar-refractivity contribution in [2.75, 3.05) is 107 Å². The molecule has 0 bridgehead atoms. The van der Waals surface area contributed by atoms with Crippen molar-refractivity contribution in [3.05, 3.63) is 118 Å². The van der Waals surface area contributed by atoms with Gasteiger partial charge in [-0.15, -0.1) is 0 Å². The molecule has 510 valence electrons. The molecule has 4 aromatic rings. The summed E-state index contributed by atoms with van der Waals surface area (Å²) in [5.74, 6) is 4.38. The van der Waals surface area contributed by atoms with Gasteiger partial charge in [0.1, 0.15) is 46.8 Å². The van der Waals surface area contributed by atoms with Gasteiger partial charge in [-0.1, -0.05) is 127 Å². The maximum absolute atomic E-state index is 14.7. The number of esters is 1. The van der Waals surface area contributed by atoms with E-state index < -0.39 is 17.6 Å². The van der Waals surface area contributed by atoms with E-state index in [4.69, 9.17) is 47.4 Å². The summed E-state index contributed by atoms with van der Waals surface area (Å²) in [6.45, 7) is 22.2. The van der Waals surface area contributed by atoms with Crippen LogP contribution < -0.4 is 29.6 Å². The zero-order valence-electron chi connectivity index (χ0n) is 57.6. The van der Waals surface area contributed by atoms with Gasteiger partial charge in [0, 0.05) is 38.5 Å². The Balaban J connectivity index is 0.908. The number of ether oxygens (including phenoxy) is 10. The van der Waals surface area contributed by atoms with Crippen molar-refractivity contribution in [3.8, 4) is 23.0 Å². The molecule has 4 atom stereocenters. The van der Waals surface area contributed by atoms with Gasteiger partial charge in [-0.25, -0.2) is 0 Å². The van der Waals surface area contributed by atoms with Crippen molar-refractivity contribution >= 4 is 23.7 Å². The number of hydrogen-bond donors (Lipinski definition) is 2. The summed E-state index contributed by atoms with van der Waals surface area (Å²) in [6, 6.07) is 23.9. The van der Waals surface area contributed by atoms with Crippen LogP contribution in [0.5, 0.6) is 23.0 Å². The number of nitrogens with zero attached hydrogens (tertiary/aromatic N) is 1. The lowest BCUT2D eigenvalue weighted by Gasteiger charge is -2.38.